The van der Waals surface area contributed by atoms with E-state index in [9.17, 15) is 0 Å². The quantitative estimate of drug-likeness (QED) is 0.776. The van der Waals surface area contributed by atoms with Crippen molar-refractivity contribution in [1.29, 1.82) is 0 Å². The van der Waals surface area contributed by atoms with E-state index in [0.29, 0.717) is 0 Å². The van der Waals surface area contributed by atoms with Crippen molar-refractivity contribution in [1.82, 2.24) is 0 Å². The van der Waals surface area contributed by atoms with Crippen LogP contribution in [0.3, 0.4) is 0 Å². The van der Waals surface area contributed by atoms with E-state index in [2.05, 4.69) is 58.9 Å². The maximum atomic E-state index is 2.10. The van der Waals surface area contributed by atoms with Crippen LogP contribution in [0, 0.1) is 0 Å². The molecule has 0 spiro atoms. The van der Waals surface area contributed by atoms with Gasteiger partial charge in [0.1, 0.15) is 0 Å². The van der Waals surface area contributed by atoms with Crippen LogP contribution < -0.4 is 9.80 Å². The summed E-state index contributed by atoms with van der Waals surface area (Å²) in [6, 6.07) is 20.6. The van der Waals surface area contributed by atoms with Crippen molar-refractivity contribution in [2.75, 3.05) is 9.80 Å². The minimum absolute atomic E-state index is 1.16. The van der Waals surface area contributed by atoms with E-state index in [1.807, 2.05) is 36.4 Å². The van der Waals surface area contributed by atoms with Gasteiger partial charge in [-0.05, 0) is 24.3 Å². The van der Waals surface area contributed by atoms with E-state index in [-0.39, 0.29) is 0 Å². The molecule has 0 atom stereocenters. The number of hydrogen-bond acceptors (Lipinski definition) is 2. The standard InChI is InChI=1S/C16H14N2/c1-3-7-15(8-4-1)17-11-13-18(14-12-17)16-9-5-2-6-10-16/h1-14H. The third-order valence-electron chi connectivity index (χ3n) is 2.88. The van der Waals surface area contributed by atoms with Crippen LogP contribution in [-0.4, -0.2) is 0 Å². The Kier molecular flexibility index (Phi) is 2.84. The monoisotopic (exact) mass is 234 g/mol. The predicted octanol–water partition coefficient (Wildman–Crippen LogP) is 3.96. The lowest BCUT2D eigenvalue weighted by Gasteiger charge is -2.25. The summed E-state index contributed by atoms with van der Waals surface area (Å²) in [4.78, 5) is 4.19. The van der Waals surface area contributed by atoms with E-state index < -0.39 is 0 Å². The van der Waals surface area contributed by atoms with Crippen LogP contribution in [0.5, 0.6) is 0 Å². The minimum Gasteiger partial charge on any atom is -0.321 e. The summed E-state index contributed by atoms with van der Waals surface area (Å²) in [5.74, 6) is 0. The normalized spacial score (nSPS) is 14.0. The molecule has 0 aliphatic carbocycles. The fourth-order valence-electron chi connectivity index (χ4n) is 1.93. The number of para-hydroxylation sites is 2. The molecule has 2 aromatic carbocycles. The summed E-state index contributed by atoms with van der Waals surface area (Å²) in [6.45, 7) is 0. The molecule has 0 unspecified atom stereocenters. The van der Waals surface area contributed by atoms with Gasteiger partial charge in [-0.25, -0.2) is 0 Å². The second-order valence-corrected chi connectivity index (χ2v) is 4.08. The molecular weight excluding hydrogens is 220 g/mol. The molecule has 1 heterocycles. The SMILES string of the molecule is C1=CN(c2ccccc2)C=CN1c1ccccc1. The Hall–Kier alpha value is -2.48. The molecule has 2 nitrogen and oxygen atoms in total. The summed E-state index contributed by atoms with van der Waals surface area (Å²) in [5, 5.41) is 0. The molecule has 18 heavy (non-hydrogen) atoms. The first kappa shape index (κ1) is 10.7. The zero-order valence-corrected chi connectivity index (χ0v) is 9.98. The fraction of sp³-hybridized carbons (Fsp3) is 0. The third-order valence-corrected chi connectivity index (χ3v) is 2.88. The summed E-state index contributed by atoms with van der Waals surface area (Å²) in [6.07, 6.45) is 8.23. The van der Waals surface area contributed by atoms with Gasteiger partial charge in [0.05, 0.1) is 0 Å². The summed E-state index contributed by atoms with van der Waals surface area (Å²) in [5.41, 5.74) is 2.33. The number of anilines is 2. The molecule has 0 N–H and O–H groups in total. The van der Waals surface area contributed by atoms with Gasteiger partial charge in [0.2, 0.25) is 0 Å². The van der Waals surface area contributed by atoms with Crippen LogP contribution in [0.4, 0.5) is 11.4 Å². The van der Waals surface area contributed by atoms with Crippen LogP contribution in [0.2, 0.25) is 0 Å². The lowest BCUT2D eigenvalue weighted by atomic mass is 10.3. The number of nitrogens with zero attached hydrogens (tertiary/aromatic N) is 2. The Bertz CT molecular complexity index is 493. The maximum absolute atomic E-state index is 2.10. The lowest BCUT2D eigenvalue weighted by molar-refractivity contribution is 1.15. The summed E-state index contributed by atoms with van der Waals surface area (Å²) in [7, 11) is 0. The second kappa shape index (κ2) is 4.80. The van der Waals surface area contributed by atoms with Crippen LogP contribution in [0.1, 0.15) is 0 Å². The minimum atomic E-state index is 1.16. The van der Waals surface area contributed by atoms with Gasteiger partial charge in [0.25, 0.3) is 0 Å². The van der Waals surface area contributed by atoms with Crippen LogP contribution in [0.15, 0.2) is 85.5 Å². The highest BCUT2D eigenvalue weighted by molar-refractivity contribution is 5.59. The van der Waals surface area contributed by atoms with Crippen LogP contribution in [-0.2, 0) is 0 Å². The van der Waals surface area contributed by atoms with E-state index in [1.54, 1.807) is 0 Å². The summed E-state index contributed by atoms with van der Waals surface area (Å²) >= 11 is 0. The van der Waals surface area contributed by atoms with E-state index >= 15 is 0 Å². The molecule has 0 amide bonds. The average Bonchev–Trinajstić information content (AvgIpc) is 2.49. The zero-order chi connectivity index (χ0) is 12.2. The van der Waals surface area contributed by atoms with Crippen molar-refractivity contribution in [3.8, 4) is 0 Å². The van der Waals surface area contributed by atoms with Gasteiger partial charge in [-0.1, -0.05) is 36.4 Å². The van der Waals surface area contributed by atoms with Crippen molar-refractivity contribution in [3.05, 3.63) is 85.5 Å². The van der Waals surface area contributed by atoms with Crippen molar-refractivity contribution in [3.63, 3.8) is 0 Å². The number of rotatable bonds is 2. The van der Waals surface area contributed by atoms with E-state index in [1.165, 1.54) is 0 Å². The van der Waals surface area contributed by atoms with Gasteiger partial charge in [-0.2, -0.15) is 0 Å². The molecular formula is C16H14N2. The molecule has 3 rings (SSSR count). The van der Waals surface area contributed by atoms with Gasteiger partial charge >= 0.3 is 0 Å². The molecule has 0 fully saturated rings. The molecule has 0 saturated heterocycles. The largest absolute Gasteiger partial charge is 0.321 e. The van der Waals surface area contributed by atoms with Crippen molar-refractivity contribution in [2.45, 2.75) is 0 Å². The molecule has 88 valence electrons. The second-order valence-electron chi connectivity index (χ2n) is 4.08. The van der Waals surface area contributed by atoms with Gasteiger partial charge in [0, 0.05) is 36.2 Å². The zero-order valence-electron chi connectivity index (χ0n) is 9.98. The Balaban J connectivity index is 1.79. The highest BCUT2D eigenvalue weighted by atomic mass is 15.2. The van der Waals surface area contributed by atoms with Gasteiger partial charge in [0.15, 0.2) is 0 Å². The molecule has 1 aliphatic rings. The summed E-state index contributed by atoms with van der Waals surface area (Å²) < 4.78 is 0. The first-order valence-electron chi connectivity index (χ1n) is 5.97. The highest BCUT2D eigenvalue weighted by Crippen LogP contribution is 2.21. The Labute approximate surface area is 107 Å². The molecule has 2 aromatic rings. The average molecular weight is 234 g/mol. The topological polar surface area (TPSA) is 6.48 Å². The molecule has 0 saturated carbocycles. The van der Waals surface area contributed by atoms with Crippen molar-refractivity contribution >= 4 is 11.4 Å². The first-order chi connectivity index (χ1) is 8.93. The molecule has 0 aromatic heterocycles. The molecule has 2 heteroatoms. The van der Waals surface area contributed by atoms with Crippen molar-refractivity contribution in [2.24, 2.45) is 0 Å². The Morgan fingerprint density at radius 3 is 1.11 bits per heavy atom. The van der Waals surface area contributed by atoms with E-state index in [4.69, 9.17) is 0 Å². The lowest BCUT2D eigenvalue weighted by Crippen LogP contribution is -2.18. The fourth-order valence-corrected chi connectivity index (χ4v) is 1.93. The number of benzene rings is 2. The predicted molar refractivity (Wildman–Crippen MR) is 76.1 cm³/mol. The van der Waals surface area contributed by atoms with Gasteiger partial charge < -0.3 is 9.80 Å². The van der Waals surface area contributed by atoms with Crippen LogP contribution >= 0.6 is 0 Å². The Morgan fingerprint density at radius 2 is 0.778 bits per heavy atom. The molecule has 1 aliphatic heterocycles. The molecule has 0 bridgehead atoms. The number of hydrogen-bond donors (Lipinski definition) is 0. The maximum Gasteiger partial charge on any atom is 0.0450 e. The van der Waals surface area contributed by atoms with Gasteiger partial charge in [-0.3, -0.25) is 0 Å². The van der Waals surface area contributed by atoms with Gasteiger partial charge in [-0.15, -0.1) is 0 Å². The van der Waals surface area contributed by atoms with Crippen molar-refractivity contribution < 1.29 is 0 Å². The Morgan fingerprint density at radius 1 is 0.444 bits per heavy atom. The van der Waals surface area contributed by atoms with E-state index in [0.717, 1.165) is 11.4 Å². The third kappa shape index (κ3) is 2.13. The first-order valence-corrected chi connectivity index (χ1v) is 5.97. The molecule has 0 radical (unpaired) electrons. The van der Waals surface area contributed by atoms with Crippen LogP contribution in [0.25, 0.3) is 0 Å². The smallest absolute Gasteiger partial charge is 0.0450 e. The highest BCUT2D eigenvalue weighted by Gasteiger charge is 2.06.